The van der Waals surface area contributed by atoms with Crippen LogP contribution >= 0.6 is 11.6 Å². The fourth-order valence-electron chi connectivity index (χ4n) is 2.57. The Bertz CT molecular complexity index is 889. The number of nitrogens with one attached hydrogen (secondary N) is 1. The smallest absolute Gasteiger partial charge is 0.244 e. The molecule has 0 aliphatic heterocycles. The number of benzene rings is 2. The molecule has 0 spiro atoms. The summed E-state index contributed by atoms with van der Waals surface area (Å²) in [6.45, 7) is 0.180. The van der Waals surface area contributed by atoms with E-state index in [0.29, 0.717) is 22.2 Å². The van der Waals surface area contributed by atoms with Gasteiger partial charge in [0.05, 0.1) is 19.9 Å². The number of hydrogen-bond acceptors (Lipinski definition) is 3. The number of ether oxygens (including phenoxy) is 2. The largest absolute Gasteiger partial charge is 0.497 e. The summed E-state index contributed by atoms with van der Waals surface area (Å²) in [5.41, 5.74) is 1.51. The monoisotopic (exact) mass is 344 g/mol. The minimum atomic E-state index is -0.157. The summed E-state index contributed by atoms with van der Waals surface area (Å²) in [6, 6.07) is 12.8. The third-order valence-corrected chi connectivity index (χ3v) is 4.09. The van der Waals surface area contributed by atoms with Crippen molar-refractivity contribution in [1.29, 1.82) is 0 Å². The van der Waals surface area contributed by atoms with Gasteiger partial charge < -0.3 is 19.4 Å². The molecule has 0 aliphatic carbocycles. The maximum absolute atomic E-state index is 12.4. The zero-order valence-electron chi connectivity index (χ0n) is 13.4. The summed E-state index contributed by atoms with van der Waals surface area (Å²) in [5.74, 6) is 1.05. The Morgan fingerprint density at radius 1 is 1.17 bits per heavy atom. The van der Waals surface area contributed by atoms with Gasteiger partial charge >= 0.3 is 0 Å². The van der Waals surface area contributed by atoms with Gasteiger partial charge in [-0.3, -0.25) is 4.79 Å². The molecule has 0 aliphatic rings. The fourth-order valence-corrected chi connectivity index (χ4v) is 2.80. The number of nitrogens with zero attached hydrogens (tertiary/aromatic N) is 1. The van der Waals surface area contributed by atoms with Gasteiger partial charge in [0, 0.05) is 28.2 Å². The molecule has 0 fully saturated rings. The molecule has 2 aromatic carbocycles. The SMILES string of the molecule is COc1ccc(NC(=O)Cn2ccc3c(Cl)cccc32)c(OC)c1. The molecule has 1 heterocycles. The quantitative estimate of drug-likeness (QED) is 0.762. The third kappa shape index (κ3) is 3.16. The molecule has 1 amide bonds. The number of hydrogen-bond donors (Lipinski definition) is 1. The molecule has 3 aromatic rings. The van der Waals surface area contributed by atoms with E-state index < -0.39 is 0 Å². The predicted octanol–water partition coefficient (Wildman–Crippen LogP) is 3.95. The second-order valence-corrected chi connectivity index (χ2v) is 5.64. The first-order valence-corrected chi connectivity index (χ1v) is 7.75. The average Bonchev–Trinajstić information content (AvgIpc) is 2.99. The van der Waals surface area contributed by atoms with Crippen molar-refractivity contribution in [2.75, 3.05) is 19.5 Å². The first-order valence-electron chi connectivity index (χ1n) is 7.37. The van der Waals surface area contributed by atoms with Crippen LogP contribution in [0.1, 0.15) is 0 Å². The number of fused-ring (bicyclic) bond motifs is 1. The molecule has 0 saturated carbocycles. The van der Waals surface area contributed by atoms with Gasteiger partial charge in [0.2, 0.25) is 5.91 Å². The summed E-state index contributed by atoms with van der Waals surface area (Å²) in [6.07, 6.45) is 1.85. The Labute approximate surface area is 144 Å². The van der Waals surface area contributed by atoms with Crippen molar-refractivity contribution in [3.8, 4) is 11.5 Å². The molecular weight excluding hydrogens is 328 g/mol. The highest BCUT2D eigenvalue weighted by Crippen LogP contribution is 2.29. The standard InChI is InChI=1S/C18H17ClN2O3/c1-23-12-6-7-15(17(10-12)24-2)20-18(22)11-21-9-8-13-14(19)4-3-5-16(13)21/h3-10H,11H2,1-2H3,(H,20,22). The average molecular weight is 345 g/mol. The Morgan fingerprint density at radius 2 is 2.00 bits per heavy atom. The number of methoxy groups -OCH3 is 2. The normalized spacial score (nSPS) is 10.6. The highest BCUT2D eigenvalue weighted by Gasteiger charge is 2.11. The van der Waals surface area contributed by atoms with E-state index in [4.69, 9.17) is 21.1 Å². The van der Waals surface area contributed by atoms with Gasteiger partial charge in [-0.05, 0) is 30.3 Å². The van der Waals surface area contributed by atoms with E-state index in [0.717, 1.165) is 10.9 Å². The van der Waals surface area contributed by atoms with E-state index in [-0.39, 0.29) is 12.5 Å². The predicted molar refractivity (Wildman–Crippen MR) is 95.1 cm³/mol. The number of anilines is 1. The fraction of sp³-hybridized carbons (Fsp3) is 0.167. The van der Waals surface area contributed by atoms with Crippen molar-refractivity contribution >= 4 is 34.1 Å². The van der Waals surface area contributed by atoms with E-state index in [9.17, 15) is 4.79 Å². The number of aromatic nitrogens is 1. The van der Waals surface area contributed by atoms with Crippen LogP contribution in [0.15, 0.2) is 48.7 Å². The molecule has 1 N–H and O–H groups in total. The number of carbonyl (C=O) groups excluding carboxylic acids is 1. The van der Waals surface area contributed by atoms with Crippen LogP contribution in [0.2, 0.25) is 5.02 Å². The van der Waals surface area contributed by atoms with Gasteiger partial charge in [0.25, 0.3) is 0 Å². The molecule has 24 heavy (non-hydrogen) atoms. The maximum Gasteiger partial charge on any atom is 0.244 e. The molecular formula is C18H17ClN2O3. The lowest BCUT2D eigenvalue weighted by Gasteiger charge is -2.12. The highest BCUT2D eigenvalue weighted by atomic mass is 35.5. The van der Waals surface area contributed by atoms with Crippen LogP contribution in [0, 0.1) is 0 Å². The van der Waals surface area contributed by atoms with Crippen LogP contribution < -0.4 is 14.8 Å². The minimum Gasteiger partial charge on any atom is -0.497 e. The van der Waals surface area contributed by atoms with Crippen molar-refractivity contribution in [3.63, 3.8) is 0 Å². The van der Waals surface area contributed by atoms with Crippen molar-refractivity contribution in [3.05, 3.63) is 53.7 Å². The van der Waals surface area contributed by atoms with Crippen LogP contribution in [0.5, 0.6) is 11.5 Å². The van der Waals surface area contributed by atoms with E-state index in [1.54, 1.807) is 32.4 Å². The summed E-state index contributed by atoms with van der Waals surface area (Å²) in [4.78, 5) is 12.4. The van der Waals surface area contributed by atoms with E-state index in [2.05, 4.69) is 5.32 Å². The molecule has 0 atom stereocenters. The Balaban J connectivity index is 1.79. The highest BCUT2D eigenvalue weighted by molar-refractivity contribution is 6.35. The van der Waals surface area contributed by atoms with E-state index in [1.165, 1.54) is 0 Å². The van der Waals surface area contributed by atoms with Crippen molar-refractivity contribution in [1.82, 2.24) is 4.57 Å². The first kappa shape index (κ1) is 16.2. The minimum absolute atomic E-state index is 0.157. The maximum atomic E-state index is 12.4. The topological polar surface area (TPSA) is 52.5 Å². The molecule has 0 bridgehead atoms. The lowest BCUT2D eigenvalue weighted by Crippen LogP contribution is -2.18. The van der Waals surface area contributed by atoms with Crippen LogP contribution in [0.25, 0.3) is 10.9 Å². The zero-order chi connectivity index (χ0) is 17.1. The number of halogens is 1. The van der Waals surface area contributed by atoms with Gasteiger partial charge in [0.15, 0.2) is 0 Å². The summed E-state index contributed by atoms with van der Waals surface area (Å²) in [7, 11) is 3.13. The Hall–Kier alpha value is -2.66. The molecule has 0 saturated heterocycles. The number of carbonyl (C=O) groups is 1. The Kier molecular flexibility index (Phi) is 4.62. The van der Waals surface area contributed by atoms with Crippen LogP contribution in [-0.2, 0) is 11.3 Å². The molecule has 0 radical (unpaired) electrons. The van der Waals surface area contributed by atoms with Crippen LogP contribution in [0.4, 0.5) is 5.69 Å². The molecule has 124 valence electrons. The summed E-state index contributed by atoms with van der Waals surface area (Å²) in [5, 5.41) is 4.45. The van der Waals surface area contributed by atoms with Crippen molar-refractivity contribution < 1.29 is 14.3 Å². The lowest BCUT2D eigenvalue weighted by molar-refractivity contribution is -0.116. The molecule has 3 rings (SSSR count). The van der Waals surface area contributed by atoms with Crippen LogP contribution in [0.3, 0.4) is 0 Å². The second kappa shape index (κ2) is 6.84. The number of amides is 1. The van der Waals surface area contributed by atoms with E-state index in [1.807, 2.05) is 35.0 Å². The third-order valence-electron chi connectivity index (χ3n) is 3.76. The van der Waals surface area contributed by atoms with Gasteiger partial charge in [-0.15, -0.1) is 0 Å². The Morgan fingerprint density at radius 3 is 2.75 bits per heavy atom. The molecule has 5 nitrogen and oxygen atoms in total. The summed E-state index contributed by atoms with van der Waals surface area (Å²) < 4.78 is 12.3. The van der Waals surface area contributed by atoms with Crippen molar-refractivity contribution in [2.45, 2.75) is 6.54 Å². The first-order chi connectivity index (χ1) is 11.6. The molecule has 1 aromatic heterocycles. The number of rotatable bonds is 5. The summed E-state index contributed by atoms with van der Waals surface area (Å²) >= 11 is 6.16. The second-order valence-electron chi connectivity index (χ2n) is 5.23. The lowest BCUT2D eigenvalue weighted by atomic mass is 10.2. The van der Waals surface area contributed by atoms with E-state index >= 15 is 0 Å². The van der Waals surface area contributed by atoms with Gasteiger partial charge in [0.1, 0.15) is 18.0 Å². The van der Waals surface area contributed by atoms with Gasteiger partial charge in [-0.2, -0.15) is 0 Å². The molecule has 6 heteroatoms. The van der Waals surface area contributed by atoms with Gasteiger partial charge in [-0.25, -0.2) is 0 Å². The van der Waals surface area contributed by atoms with Gasteiger partial charge in [-0.1, -0.05) is 17.7 Å². The molecule has 0 unspecified atom stereocenters. The van der Waals surface area contributed by atoms with Crippen LogP contribution in [-0.4, -0.2) is 24.7 Å². The zero-order valence-corrected chi connectivity index (χ0v) is 14.1. The van der Waals surface area contributed by atoms with Crippen molar-refractivity contribution in [2.24, 2.45) is 0 Å².